The van der Waals surface area contributed by atoms with Gasteiger partial charge in [-0.1, -0.05) is 50.5 Å². The zero-order valence-corrected chi connectivity index (χ0v) is 16.0. The Bertz CT molecular complexity index is 756. The van der Waals surface area contributed by atoms with Crippen LogP contribution in [0.1, 0.15) is 44.2 Å². The summed E-state index contributed by atoms with van der Waals surface area (Å²) in [6, 6.07) is 2.97. The van der Waals surface area contributed by atoms with Crippen molar-refractivity contribution in [3.05, 3.63) is 95.3 Å². The molecule has 0 aliphatic rings. The Balaban J connectivity index is 2.91. The van der Waals surface area contributed by atoms with Crippen LogP contribution in [0.15, 0.2) is 77.5 Å². The number of hydrogen-bond donors (Lipinski definition) is 0. The fourth-order valence-electron chi connectivity index (χ4n) is 2.38. The van der Waals surface area contributed by atoms with Crippen molar-refractivity contribution >= 4 is 6.21 Å². The minimum absolute atomic E-state index is 0.0395. The quantitative estimate of drug-likeness (QED) is 0.352. The van der Waals surface area contributed by atoms with Crippen molar-refractivity contribution < 1.29 is 8.78 Å². The van der Waals surface area contributed by atoms with Crippen molar-refractivity contribution in [2.45, 2.75) is 40.0 Å². The molecule has 0 aliphatic carbocycles. The van der Waals surface area contributed by atoms with Gasteiger partial charge in [0.2, 0.25) is 0 Å². The van der Waals surface area contributed by atoms with Gasteiger partial charge in [-0.3, -0.25) is 4.99 Å². The lowest BCUT2D eigenvalue weighted by Gasteiger charge is -2.14. The van der Waals surface area contributed by atoms with Crippen molar-refractivity contribution in [1.29, 1.82) is 0 Å². The Morgan fingerprint density at radius 3 is 2.54 bits per heavy atom. The third-order valence-corrected chi connectivity index (χ3v) is 4.12. The molecule has 1 aromatic carbocycles. The molecule has 0 saturated heterocycles. The summed E-state index contributed by atoms with van der Waals surface area (Å²) in [5.74, 6) is -1.55. The largest absolute Gasteiger partial charge is 0.257 e. The average Bonchev–Trinajstić information content (AvgIpc) is 2.62. The maximum absolute atomic E-state index is 13.6. The van der Waals surface area contributed by atoms with Crippen molar-refractivity contribution in [2.75, 3.05) is 0 Å². The van der Waals surface area contributed by atoms with E-state index in [0.717, 1.165) is 16.7 Å². The normalized spacial score (nSPS) is 14.2. The van der Waals surface area contributed by atoms with Gasteiger partial charge in [-0.2, -0.15) is 0 Å². The fraction of sp³-hybridized carbons (Fsp3) is 0.261. The molecule has 1 rings (SSSR count). The van der Waals surface area contributed by atoms with Gasteiger partial charge >= 0.3 is 0 Å². The Kier molecular flexibility index (Phi) is 8.63. The summed E-state index contributed by atoms with van der Waals surface area (Å²) < 4.78 is 27.1. The average molecular weight is 355 g/mol. The predicted octanol–water partition coefficient (Wildman–Crippen LogP) is 6.99. The highest BCUT2D eigenvalue weighted by Crippen LogP contribution is 2.27. The molecular weight excluding hydrogens is 328 g/mol. The van der Waals surface area contributed by atoms with Gasteiger partial charge in [0.15, 0.2) is 11.6 Å². The Labute approximate surface area is 155 Å². The van der Waals surface area contributed by atoms with Crippen LogP contribution < -0.4 is 0 Å². The lowest BCUT2D eigenvalue weighted by atomic mass is 9.92. The lowest BCUT2D eigenvalue weighted by Crippen LogP contribution is -1.99. The van der Waals surface area contributed by atoms with Crippen LogP contribution in [0, 0.1) is 18.6 Å². The number of rotatable bonds is 8. The Morgan fingerprint density at radius 2 is 1.96 bits per heavy atom. The first kappa shape index (κ1) is 21.5. The molecule has 0 radical (unpaired) electrons. The van der Waals surface area contributed by atoms with E-state index >= 15 is 0 Å². The van der Waals surface area contributed by atoms with E-state index in [0.29, 0.717) is 17.7 Å². The lowest BCUT2D eigenvalue weighted by molar-refractivity contribution is 0.500. The molecule has 0 bridgehead atoms. The maximum atomic E-state index is 13.6. The highest BCUT2D eigenvalue weighted by molar-refractivity contribution is 5.72. The second kappa shape index (κ2) is 10.4. The van der Waals surface area contributed by atoms with Gasteiger partial charge in [-0.15, -0.1) is 0 Å². The molecule has 0 N–H and O–H groups in total. The summed E-state index contributed by atoms with van der Waals surface area (Å²) in [5, 5.41) is 0. The second-order valence-electron chi connectivity index (χ2n) is 6.28. The SMILES string of the molecule is C=C/C(=C\C=C(/C)C(=C)/N=C\C=C/C)CC(C)c1cc(C)c(F)c(F)c1. The van der Waals surface area contributed by atoms with Crippen LogP contribution in [0.5, 0.6) is 0 Å². The van der Waals surface area contributed by atoms with Crippen LogP contribution in [0.25, 0.3) is 0 Å². The molecule has 1 unspecified atom stereocenters. The molecule has 0 amide bonds. The molecule has 0 aromatic heterocycles. The van der Waals surface area contributed by atoms with Gasteiger partial charge in [0.1, 0.15) is 0 Å². The van der Waals surface area contributed by atoms with Gasteiger partial charge in [0, 0.05) is 6.21 Å². The number of aryl methyl sites for hydroxylation is 1. The summed E-state index contributed by atoms with van der Waals surface area (Å²) in [4.78, 5) is 4.25. The maximum Gasteiger partial charge on any atom is 0.161 e. The number of aliphatic imine (C=N–C) groups is 1. The first-order chi connectivity index (χ1) is 12.3. The van der Waals surface area contributed by atoms with Crippen molar-refractivity contribution in [1.82, 2.24) is 0 Å². The molecule has 0 fully saturated rings. The van der Waals surface area contributed by atoms with E-state index in [1.165, 1.54) is 6.07 Å². The van der Waals surface area contributed by atoms with Crippen LogP contribution in [0.2, 0.25) is 0 Å². The van der Waals surface area contributed by atoms with Crippen LogP contribution in [-0.2, 0) is 0 Å². The smallest absolute Gasteiger partial charge is 0.161 e. The second-order valence-corrected chi connectivity index (χ2v) is 6.28. The van der Waals surface area contributed by atoms with Crippen LogP contribution in [0.4, 0.5) is 8.78 Å². The molecule has 1 atom stereocenters. The van der Waals surface area contributed by atoms with Crippen molar-refractivity contribution in [2.24, 2.45) is 4.99 Å². The van der Waals surface area contributed by atoms with E-state index in [1.54, 1.807) is 25.3 Å². The van der Waals surface area contributed by atoms with Crippen molar-refractivity contribution in [3.8, 4) is 0 Å². The summed E-state index contributed by atoms with van der Waals surface area (Å²) in [7, 11) is 0. The number of nitrogens with zero attached hydrogens (tertiary/aromatic N) is 1. The summed E-state index contributed by atoms with van der Waals surface area (Å²) >= 11 is 0. The van der Waals surface area contributed by atoms with E-state index in [1.807, 2.05) is 45.1 Å². The van der Waals surface area contributed by atoms with E-state index in [4.69, 9.17) is 0 Å². The molecule has 26 heavy (non-hydrogen) atoms. The van der Waals surface area contributed by atoms with Gasteiger partial charge < -0.3 is 0 Å². The zero-order valence-electron chi connectivity index (χ0n) is 16.0. The third-order valence-electron chi connectivity index (χ3n) is 4.12. The molecule has 0 saturated carbocycles. The molecule has 0 heterocycles. The monoisotopic (exact) mass is 355 g/mol. The molecule has 138 valence electrons. The van der Waals surface area contributed by atoms with Crippen LogP contribution in [0.3, 0.4) is 0 Å². The minimum Gasteiger partial charge on any atom is -0.257 e. The van der Waals surface area contributed by atoms with Crippen LogP contribution in [-0.4, -0.2) is 6.21 Å². The number of hydrogen-bond acceptors (Lipinski definition) is 1. The Hall–Kier alpha value is -2.55. The van der Waals surface area contributed by atoms with E-state index in [-0.39, 0.29) is 5.92 Å². The molecule has 1 nitrogen and oxygen atoms in total. The number of benzene rings is 1. The van der Waals surface area contributed by atoms with E-state index in [2.05, 4.69) is 18.2 Å². The Morgan fingerprint density at radius 1 is 1.27 bits per heavy atom. The molecule has 0 aliphatic heterocycles. The standard InChI is InChI=1S/C23H27F2N/c1-7-9-12-26-19(6)16(3)10-11-20(8-2)13-17(4)21-14-18(5)23(25)22(24)15-21/h7-12,14-15,17H,2,6,13H2,1,3-5H3/b9-7-,16-10+,20-11+,26-12-. The topological polar surface area (TPSA) is 12.4 Å². The number of halogens is 2. The molecule has 0 spiro atoms. The molecular formula is C23H27F2N. The summed E-state index contributed by atoms with van der Waals surface area (Å²) in [6.07, 6.45) is 11.8. The molecule has 3 heteroatoms. The van der Waals surface area contributed by atoms with E-state index < -0.39 is 11.6 Å². The van der Waals surface area contributed by atoms with Gasteiger partial charge in [0.25, 0.3) is 0 Å². The van der Waals surface area contributed by atoms with Gasteiger partial charge in [-0.25, -0.2) is 8.78 Å². The first-order valence-electron chi connectivity index (χ1n) is 8.60. The predicted molar refractivity (Wildman–Crippen MR) is 109 cm³/mol. The summed E-state index contributed by atoms with van der Waals surface area (Å²) in [6.45, 7) is 15.2. The highest BCUT2D eigenvalue weighted by Gasteiger charge is 2.13. The highest BCUT2D eigenvalue weighted by atomic mass is 19.2. The van der Waals surface area contributed by atoms with Crippen molar-refractivity contribution in [3.63, 3.8) is 0 Å². The third kappa shape index (κ3) is 6.40. The zero-order chi connectivity index (χ0) is 19.7. The fourth-order valence-corrected chi connectivity index (χ4v) is 2.38. The van der Waals surface area contributed by atoms with Crippen LogP contribution >= 0.6 is 0 Å². The number of allylic oxidation sites excluding steroid dienone is 7. The first-order valence-corrected chi connectivity index (χ1v) is 8.60. The molecule has 1 aromatic rings. The van der Waals surface area contributed by atoms with Gasteiger partial charge in [0.05, 0.1) is 5.70 Å². The summed E-state index contributed by atoms with van der Waals surface area (Å²) in [5.41, 5.74) is 3.73. The van der Waals surface area contributed by atoms with E-state index in [9.17, 15) is 8.78 Å². The van der Waals surface area contributed by atoms with Gasteiger partial charge in [-0.05, 0) is 67.5 Å². The minimum atomic E-state index is -0.804.